The Kier molecular flexibility index (Phi) is 5.86. The average Bonchev–Trinajstić information content (AvgIpc) is 2.62. The molecule has 0 atom stereocenters. The number of hydrogen-bond acceptors (Lipinski definition) is 5. The lowest BCUT2D eigenvalue weighted by Crippen LogP contribution is -2.14. The minimum atomic E-state index is -0.0867. The van der Waals surface area contributed by atoms with E-state index in [9.17, 15) is 9.90 Å². The van der Waals surface area contributed by atoms with Crippen LogP contribution in [0.15, 0.2) is 60.9 Å². The lowest BCUT2D eigenvalue weighted by atomic mass is 10.2. The highest BCUT2D eigenvalue weighted by molar-refractivity contribution is 7.99. The van der Waals surface area contributed by atoms with E-state index in [1.807, 2.05) is 12.1 Å². The molecule has 1 heterocycles. The second kappa shape index (κ2) is 8.49. The Morgan fingerprint density at radius 2 is 1.88 bits per heavy atom. The molecule has 0 fully saturated rings. The topological polar surface area (TPSA) is 75.1 Å². The molecule has 26 heavy (non-hydrogen) atoms. The molecule has 1 aromatic heterocycles. The van der Waals surface area contributed by atoms with Gasteiger partial charge in [0.1, 0.15) is 5.75 Å². The summed E-state index contributed by atoms with van der Waals surface area (Å²) < 4.78 is 0. The van der Waals surface area contributed by atoms with Crippen molar-refractivity contribution in [3.8, 4) is 17.1 Å². The Morgan fingerprint density at radius 3 is 2.62 bits per heavy atom. The number of rotatable bonds is 6. The highest BCUT2D eigenvalue weighted by Gasteiger charge is 2.06. The van der Waals surface area contributed by atoms with Gasteiger partial charge in [-0.25, -0.2) is 9.97 Å². The van der Waals surface area contributed by atoms with Gasteiger partial charge in [-0.15, -0.1) is 11.8 Å². The number of hydrogen-bond donors (Lipinski definition) is 2. The summed E-state index contributed by atoms with van der Waals surface area (Å²) in [5, 5.41) is 12.3. The van der Waals surface area contributed by atoms with Gasteiger partial charge in [0, 0.05) is 11.3 Å². The lowest BCUT2D eigenvalue weighted by molar-refractivity contribution is -0.113. The Labute approximate surface area is 156 Å². The van der Waals surface area contributed by atoms with Crippen molar-refractivity contribution in [2.45, 2.75) is 12.7 Å². The number of nitrogens with zero attached hydrogens (tertiary/aromatic N) is 2. The van der Waals surface area contributed by atoms with E-state index >= 15 is 0 Å². The van der Waals surface area contributed by atoms with Crippen LogP contribution in [0.3, 0.4) is 0 Å². The highest BCUT2D eigenvalue weighted by Crippen LogP contribution is 2.20. The molecule has 0 unspecified atom stereocenters. The largest absolute Gasteiger partial charge is 0.508 e. The summed E-state index contributed by atoms with van der Waals surface area (Å²) in [6, 6.07) is 15.0. The van der Waals surface area contributed by atoms with E-state index < -0.39 is 0 Å². The SMILES string of the molecule is Cc1cccc(CSCC(=O)Nc2cnc(-c3cccc(O)c3)nc2)c1. The Bertz CT molecular complexity index is 898. The predicted molar refractivity (Wildman–Crippen MR) is 105 cm³/mol. The van der Waals surface area contributed by atoms with Gasteiger partial charge in [-0.1, -0.05) is 42.0 Å². The minimum Gasteiger partial charge on any atom is -0.508 e. The minimum absolute atomic E-state index is 0.0867. The van der Waals surface area contributed by atoms with Crippen molar-refractivity contribution in [2.75, 3.05) is 11.1 Å². The normalized spacial score (nSPS) is 10.5. The maximum absolute atomic E-state index is 12.0. The van der Waals surface area contributed by atoms with Crippen LogP contribution in [-0.4, -0.2) is 26.7 Å². The highest BCUT2D eigenvalue weighted by atomic mass is 32.2. The maximum Gasteiger partial charge on any atom is 0.234 e. The third-order valence-electron chi connectivity index (χ3n) is 3.62. The van der Waals surface area contributed by atoms with Crippen LogP contribution in [-0.2, 0) is 10.5 Å². The molecule has 2 aromatic carbocycles. The molecule has 0 aliphatic heterocycles. The van der Waals surface area contributed by atoms with Crippen molar-refractivity contribution in [1.29, 1.82) is 0 Å². The van der Waals surface area contributed by atoms with Crippen LogP contribution in [0.1, 0.15) is 11.1 Å². The first kappa shape index (κ1) is 17.9. The second-order valence-electron chi connectivity index (χ2n) is 5.88. The van der Waals surface area contributed by atoms with Crippen LogP contribution < -0.4 is 5.32 Å². The molecule has 6 heteroatoms. The summed E-state index contributed by atoms with van der Waals surface area (Å²) in [7, 11) is 0. The standard InChI is InChI=1S/C20H19N3O2S/c1-14-4-2-5-15(8-14)12-26-13-19(25)23-17-10-21-20(22-11-17)16-6-3-7-18(24)9-16/h2-11,24H,12-13H2,1H3,(H,23,25). The number of benzene rings is 2. The summed E-state index contributed by atoms with van der Waals surface area (Å²) in [5.41, 5.74) is 3.70. The molecule has 0 saturated carbocycles. The fourth-order valence-electron chi connectivity index (χ4n) is 2.45. The van der Waals surface area contributed by atoms with E-state index in [2.05, 4.69) is 40.4 Å². The molecule has 5 nitrogen and oxygen atoms in total. The molecule has 132 valence electrons. The fourth-order valence-corrected chi connectivity index (χ4v) is 3.22. The van der Waals surface area contributed by atoms with E-state index in [0.717, 1.165) is 11.3 Å². The van der Waals surface area contributed by atoms with Crippen molar-refractivity contribution in [3.63, 3.8) is 0 Å². The van der Waals surface area contributed by atoms with Crippen molar-refractivity contribution in [1.82, 2.24) is 9.97 Å². The van der Waals surface area contributed by atoms with Crippen molar-refractivity contribution < 1.29 is 9.90 Å². The van der Waals surface area contributed by atoms with Crippen LogP contribution in [0, 0.1) is 6.92 Å². The molecule has 0 aliphatic rings. The zero-order valence-corrected chi connectivity index (χ0v) is 15.2. The molecule has 3 aromatic rings. The Hall–Kier alpha value is -2.86. The molecule has 0 aliphatic carbocycles. The quantitative estimate of drug-likeness (QED) is 0.690. The van der Waals surface area contributed by atoms with Gasteiger partial charge in [0.05, 0.1) is 23.8 Å². The number of aryl methyl sites for hydroxylation is 1. The molecular weight excluding hydrogens is 346 g/mol. The number of aromatic hydroxyl groups is 1. The third-order valence-corrected chi connectivity index (χ3v) is 4.63. The van der Waals surface area contributed by atoms with E-state index in [1.54, 1.807) is 42.4 Å². The van der Waals surface area contributed by atoms with Crippen LogP contribution >= 0.6 is 11.8 Å². The van der Waals surface area contributed by atoms with Crippen LogP contribution in [0.25, 0.3) is 11.4 Å². The number of carbonyl (C=O) groups excluding carboxylic acids is 1. The number of carbonyl (C=O) groups is 1. The first-order chi connectivity index (χ1) is 12.6. The van der Waals surface area contributed by atoms with Gasteiger partial charge in [-0.05, 0) is 24.6 Å². The summed E-state index contributed by atoms with van der Waals surface area (Å²) in [6.45, 7) is 2.06. The monoisotopic (exact) mass is 365 g/mol. The number of phenols is 1. The van der Waals surface area contributed by atoms with Crippen molar-refractivity contribution >= 4 is 23.4 Å². The molecule has 0 bridgehead atoms. The van der Waals surface area contributed by atoms with Gasteiger partial charge in [0.25, 0.3) is 0 Å². The smallest absolute Gasteiger partial charge is 0.234 e. The van der Waals surface area contributed by atoms with E-state index in [4.69, 9.17) is 0 Å². The average molecular weight is 365 g/mol. The zero-order chi connectivity index (χ0) is 18.4. The number of anilines is 1. The number of nitrogens with one attached hydrogen (secondary N) is 1. The van der Waals surface area contributed by atoms with Gasteiger partial charge in [0.15, 0.2) is 5.82 Å². The predicted octanol–water partition coefficient (Wildman–Crippen LogP) is 4.03. The van der Waals surface area contributed by atoms with Gasteiger partial charge < -0.3 is 10.4 Å². The maximum atomic E-state index is 12.0. The van der Waals surface area contributed by atoms with Crippen LogP contribution in [0.4, 0.5) is 5.69 Å². The summed E-state index contributed by atoms with van der Waals surface area (Å²) in [5.74, 6) is 1.72. The molecule has 1 amide bonds. The number of amides is 1. The first-order valence-electron chi connectivity index (χ1n) is 8.15. The molecular formula is C20H19N3O2S. The zero-order valence-electron chi connectivity index (χ0n) is 14.3. The second-order valence-corrected chi connectivity index (χ2v) is 6.86. The van der Waals surface area contributed by atoms with Gasteiger partial charge >= 0.3 is 0 Å². The van der Waals surface area contributed by atoms with E-state index in [0.29, 0.717) is 17.3 Å². The first-order valence-corrected chi connectivity index (χ1v) is 9.30. The fraction of sp³-hybridized carbons (Fsp3) is 0.150. The van der Waals surface area contributed by atoms with Crippen LogP contribution in [0.2, 0.25) is 0 Å². The Morgan fingerprint density at radius 1 is 1.12 bits per heavy atom. The van der Waals surface area contributed by atoms with Crippen molar-refractivity contribution in [2.24, 2.45) is 0 Å². The van der Waals surface area contributed by atoms with Gasteiger partial charge in [-0.2, -0.15) is 0 Å². The molecule has 3 rings (SSSR count). The third kappa shape index (κ3) is 5.07. The van der Waals surface area contributed by atoms with Gasteiger partial charge in [-0.3, -0.25) is 4.79 Å². The number of aromatic nitrogens is 2. The number of thioether (sulfide) groups is 1. The molecule has 0 spiro atoms. The van der Waals surface area contributed by atoms with Gasteiger partial charge in [0.2, 0.25) is 5.91 Å². The molecule has 0 saturated heterocycles. The summed E-state index contributed by atoms with van der Waals surface area (Å²) in [4.78, 5) is 20.5. The van der Waals surface area contributed by atoms with Crippen molar-refractivity contribution in [3.05, 3.63) is 72.1 Å². The van der Waals surface area contributed by atoms with Crippen LogP contribution in [0.5, 0.6) is 5.75 Å². The molecule has 2 N–H and O–H groups in total. The summed E-state index contributed by atoms with van der Waals surface area (Å²) in [6.07, 6.45) is 3.13. The Balaban J connectivity index is 1.51. The van der Waals surface area contributed by atoms with E-state index in [1.165, 1.54) is 11.1 Å². The molecule has 0 radical (unpaired) electrons. The lowest BCUT2D eigenvalue weighted by Gasteiger charge is -2.06. The van der Waals surface area contributed by atoms with E-state index in [-0.39, 0.29) is 11.7 Å². The summed E-state index contributed by atoms with van der Waals surface area (Å²) >= 11 is 1.56. The number of phenolic OH excluding ortho intramolecular Hbond substituents is 1.